The van der Waals surface area contributed by atoms with Gasteiger partial charge in [-0.05, 0) is 6.07 Å². The first-order chi connectivity index (χ1) is 8.70. The minimum absolute atomic E-state index is 0.648. The van der Waals surface area contributed by atoms with E-state index in [4.69, 9.17) is 27.9 Å². The topological polar surface area (TPSA) is 47.0 Å². The number of hydrogen-bond acceptors (Lipinski definition) is 6. The molecule has 0 fully saturated rings. The molecule has 4 nitrogen and oxygen atoms in total. The van der Waals surface area contributed by atoms with Crippen LogP contribution in [0, 0.1) is 0 Å². The number of nitrogens with zero attached hydrogens (tertiary/aromatic N) is 2. The molecule has 2 rings (SSSR count). The second-order valence-electron chi connectivity index (χ2n) is 3.41. The van der Waals surface area contributed by atoms with Crippen LogP contribution in [0.15, 0.2) is 6.07 Å². The molecule has 2 aromatic heterocycles. The molecular formula is C10H11Cl2N3OS2. The zero-order valence-corrected chi connectivity index (χ0v) is 12.7. The third kappa shape index (κ3) is 3.63. The zero-order chi connectivity index (χ0) is 13.0. The molecule has 0 spiro atoms. The summed E-state index contributed by atoms with van der Waals surface area (Å²) in [5.41, 5.74) is 0.854. The number of hydrogen-bond donors (Lipinski definition) is 1. The minimum atomic E-state index is 0.648. The van der Waals surface area contributed by atoms with Gasteiger partial charge in [0.25, 0.3) is 0 Å². The standard InChI is InChI=1S/C10H11Cl2N3OS2/c1-16-3-2-13-5-8-14-15-10(18-8)6-4-7(11)17-9(6)12/h4,13H,2-3,5H2,1H3. The fourth-order valence-corrected chi connectivity index (χ4v) is 3.71. The Morgan fingerprint density at radius 1 is 1.33 bits per heavy atom. The predicted molar refractivity (Wildman–Crippen MR) is 76.8 cm³/mol. The largest absolute Gasteiger partial charge is 0.383 e. The van der Waals surface area contributed by atoms with Gasteiger partial charge in [0.05, 0.1) is 10.9 Å². The Kier molecular flexibility index (Phi) is 5.35. The van der Waals surface area contributed by atoms with Crippen LogP contribution in [0.25, 0.3) is 10.6 Å². The van der Waals surface area contributed by atoms with Crippen LogP contribution in [0.2, 0.25) is 8.67 Å². The molecule has 0 saturated heterocycles. The van der Waals surface area contributed by atoms with Crippen molar-refractivity contribution < 1.29 is 4.74 Å². The molecule has 0 amide bonds. The number of rotatable bonds is 6. The lowest BCUT2D eigenvalue weighted by atomic mass is 10.4. The SMILES string of the molecule is COCCNCc1nnc(-c2cc(Cl)sc2Cl)s1. The van der Waals surface area contributed by atoms with E-state index in [0.29, 0.717) is 21.8 Å². The van der Waals surface area contributed by atoms with Crippen molar-refractivity contribution >= 4 is 45.9 Å². The van der Waals surface area contributed by atoms with Crippen molar-refractivity contribution in [3.8, 4) is 10.6 Å². The van der Waals surface area contributed by atoms with Gasteiger partial charge in [0, 0.05) is 25.8 Å². The molecule has 0 aromatic carbocycles. The van der Waals surface area contributed by atoms with Gasteiger partial charge in [0.15, 0.2) is 0 Å². The van der Waals surface area contributed by atoms with E-state index < -0.39 is 0 Å². The summed E-state index contributed by atoms with van der Waals surface area (Å²) in [6.45, 7) is 2.14. The van der Waals surface area contributed by atoms with E-state index >= 15 is 0 Å². The lowest BCUT2D eigenvalue weighted by molar-refractivity contribution is 0.199. The van der Waals surface area contributed by atoms with Crippen molar-refractivity contribution in [3.63, 3.8) is 0 Å². The van der Waals surface area contributed by atoms with Crippen LogP contribution in [0.5, 0.6) is 0 Å². The first-order valence-corrected chi connectivity index (χ1v) is 7.57. The van der Waals surface area contributed by atoms with Crippen LogP contribution in [-0.4, -0.2) is 30.5 Å². The molecule has 98 valence electrons. The summed E-state index contributed by atoms with van der Waals surface area (Å²) in [4.78, 5) is 0. The number of methoxy groups -OCH3 is 1. The highest BCUT2D eigenvalue weighted by Gasteiger charge is 2.13. The van der Waals surface area contributed by atoms with Crippen LogP contribution in [-0.2, 0) is 11.3 Å². The molecule has 8 heteroatoms. The van der Waals surface area contributed by atoms with E-state index in [0.717, 1.165) is 22.1 Å². The van der Waals surface area contributed by atoms with Gasteiger partial charge in [0.2, 0.25) is 0 Å². The molecule has 0 saturated carbocycles. The van der Waals surface area contributed by atoms with E-state index in [1.807, 2.05) is 6.07 Å². The highest BCUT2D eigenvalue weighted by Crippen LogP contribution is 2.39. The predicted octanol–water partition coefficient (Wildman–Crippen LogP) is 3.31. The molecular weight excluding hydrogens is 313 g/mol. The van der Waals surface area contributed by atoms with Crippen molar-refractivity contribution in [1.29, 1.82) is 0 Å². The Bertz CT molecular complexity index is 515. The van der Waals surface area contributed by atoms with Crippen molar-refractivity contribution in [3.05, 3.63) is 19.7 Å². The normalized spacial score (nSPS) is 11.1. The Morgan fingerprint density at radius 2 is 2.17 bits per heavy atom. The summed E-state index contributed by atoms with van der Waals surface area (Å²) in [5.74, 6) is 0. The highest BCUT2D eigenvalue weighted by molar-refractivity contribution is 7.21. The maximum atomic E-state index is 6.08. The fourth-order valence-electron chi connectivity index (χ4n) is 1.29. The summed E-state index contributed by atoms with van der Waals surface area (Å²) in [7, 11) is 1.67. The maximum Gasteiger partial charge on any atom is 0.150 e. The van der Waals surface area contributed by atoms with E-state index in [1.54, 1.807) is 7.11 Å². The summed E-state index contributed by atoms with van der Waals surface area (Å²) in [6.07, 6.45) is 0. The summed E-state index contributed by atoms with van der Waals surface area (Å²) in [6, 6.07) is 1.82. The van der Waals surface area contributed by atoms with Gasteiger partial charge in [-0.2, -0.15) is 0 Å². The molecule has 2 heterocycles. The first-order valence-electron chi connectivity index (χ1n) is 5.18. The van der Waals surface area contributed by atoms with Crippen LogP contribution in [0.3, 0.4) is 0 Å². The van der Waals surface area contributed by atoms with Crippen LogP contribution in [0.4, 0.5) is 0 Å². The van der Waals surface area contributed by atoms with E-state index in [9.17, 15) is 0 Å². The van der Waals surface area contributed by atoms with E-state index in [2.05, 4.69) is 15.5 Å². The molecule has 0 radical (unpaired) electrons. The third-order valence-corrected chi connectivity index (χ3v) is 4.56. The maximum absolute atomic E-state index is 6.08. The third-order valence-electron chi connectivity index (χ3n) is 2.11. The molecule has 1 N–H and O–H groups in total. The molecule has 0 atom stereocenters. The Balaban J connectivity index is 1.99. The number of aromatic nitrogens is 2. The van der Waals surface area contributed by atoms with Crippen molar-refractivity contribution in [2.75, 3.05) is 20.3 Å². The average molecular weight is 324 g/mol. The molecule has 18 heavy (non-hydrogen) atoms. The van der Waals surface area contributed by atoms with Crippen molar-refractivity contribution in [2.24, 2.45) is 0 Å². The van der Waals surface area contributed by atoms with Gasteiger partial charge in [-0.25, -0.2) is 0 Å². The molecule has 0 aliphatic rings. The summed E-state index contributed by atoms with van der Waals surface area (Å²) >= 11 is 14.8. The molecule has 0 aliphatic carbocycles. The Labute approximate surface area is 123 Å². The fraction of sp³-hybridized carbons (Fsp3) is 0.400. The number of nitrogens with one attached hydrogen (secondary N) is 1. The van der Waals surface area contributed by atoms with Gasteiger partial charge < -0.3 is 10.1 Å². The van der Waals surface area contributed by atoms with E-state index in [-0.39, 0.29) is 0 Å². The van der Waals surface area contributed by atoms with Gasteiger partial charge in [-0.15, -0.1) is 21.5 Å². The van der Waals surface area contributed by atoms with Crippen molar-refractivity contribution in [1.82, 2.24) is 15.5 Å². The van der Waals surface area contributed by atoms with Gasteiger partial charge >= 0.3 is 0 Å². The molecule has 2 aromatic rings. The van der Waals surface area contributed by atoms with Crippen LogP contribution < -0.4 is 5.32 Å². The number of ether oxygens (including phenoxy) is 1. The average Bonchev–Trinajstić information content (AvgIpc) is 2.91. The van der Waals surface area contributed by atoms with E-state index in [1.165, 1.54) is 22.7 Å². The summed E-state index contributed by atoms with van der Waals surface area (Å²) in [5, 5.41) is 13.2. The first kappa shape index (κ1) is 14.2. The number of halogens is 2. The lowest BCUT2D eigenvalue weighted by Gasteiger charge is -1.99. The Morgan fingerprint density at radius 3 is 2.83 bits per heavy atom. The molecule has 0 bridgehead atoms. The smallest absolute Gasteiger partial charge is 0.150 e. The van der Waals surface area contributed by atoms with Crippen LogP contribution in [0.1, 0.15) is 5.01 Å². The highest BCUT2D eigenvalue weighted by atomic mass is 35.5. The van der Waals surface area contributed by atoms with Gasteiger partial charge in [-0.3, -0.25) is 0 Å². The molecule has 0 aliphatic heterocycles. The second-order valence-corrected chi connectivity index (χ2v) is 6.76. The molecule has 0 unspecified atom stereocenters. The quantitative estimate of drug-likeness (QED) is 0.828. The second kappa shape index (κ2) is 6.79. The zero-order valence-electron chi connectivity index (χ0n) is 9.57. The van der Waals surface area contributed by atoms with Crippen LogP contribution >= 0.6 is 45.9 Å². The van der Waals surface area contributed by atoms with Gasteiger partial charge in [0.1, 0.15) is 14.4 Å². The minimum Gasteiger partial charge on any atom is -0.383 e. The van der Waals surface area contributed by atoms with Gasteiger partial charge in [-0.1, -0.05) is 34.5 Å². The van der Waals surface area contributed by atoms with Crippen molar-refractivity contribution in [2.45, 2.75) is 6.54 Å². The summed E-state index contributed by atoms with van der Waals surface area (Å²) < 4.78 is 6.25. The lowest BCUT2D eigenvalue weighted by Crippen LogP contribution is -2.18. The number of thiophene rings is 1. The Hall–Kier alpha value is -0.240. The monoisotopic (exact) mass is 323 g/mol.